The van der Waals surface area contributed by atoms with Crippen molar-refractivity contribution in [2.75, 3.05) is 33.5 Å². The Balaban J connectivity index is 2.13. The second-order valence-electron chi connectivity index (χ2n) is 5.37. The minimum Gasteiger partial charge on any atom is -0.385 e. The van der Waals surface area contributed by atoms with Crippen molar-refractivity contribution in [3.63, 3.8) is 0 Å². The van der Waals surface area contributed by atoms with E-state index in [2.05, 4.69) is 43.4 Å². The lowest BCUT2D eigenvalue weighted by Gasteiger charge is -2.10. The predicted octanol–water partition coefficient (Wildman–Crippen LogP) is 2.75. The molecule has 0 radical (unpaired) electrons. The first-order chi connectivity index (χ1) is 10.2. The van der Waals surface area contributed by atoms with Crippen LogP contribution in [-0.2, 0) is 27.4 Å². The summed E-state index contributed by atoms with van der Waals surface area (Å²) in [6.45, 7) is 8.58. The van der Waals surface area contributed by atoms with E-state index in [1.807, 2.05) is 0 Å². The topological polar surface area (TPSA) is 39.7 Å². The van der Waals surface area contributed by atoms with Gasteiger partial charge in [-0.05, 0) is 17.5 Å². The highest BCUT2D eigenvalue weighted by Crippen LogP contribution is 2.07. The van der Waals surface area contributed by atoms with Crippen LogP contribution in [0.4, 0.5) is 0 Å². The zero-order valence-corrected chi connectivity index (χ0v) is 13.6. The Morgan fingerprint density at radius 1 is 1.00 bits per heavy atom. The largest absolute Gasteiger partial charge is 0.385 e. The van der Waals surface area contributed by atoms with Gasteiger partial charge in [-0.3, -0.25) is 0 Å². The van der Waals surface area contributed by atoms with Crippen molar-refractivity contribution in [1.82, 2.24) is 5.32 Å². The number of rotatable bonds is 12. The molecular formula is C17H29NO3. The molecule has 0 spiro atoms. The molecule has 0 saturated heterocycles. The molecule has 4 heteroatoms. The van der Waals surface area contributed by atoms with Crippen LogP contribution in [0, 0.1) is 0 Å². The summed E-state index contributed by atoms with van der Waals surface area (Å²) in [6, 6.07) is 9.00. The van der Waals surface area contributed by atoms with Gasteiger partial charge in [-0.15, -0.1) is 0 Å². The van der Waals surface area contributed by atoms with Crippen LogP contribution in [-0.4, -0.2) is 39.6 Å². The number of hydrogen-bond donors (Lipinski definition) is 1. The number of ether oxygens (including phenoxy) is 3. The van der Waals surface area contributed by atoms with Gasteiger partial charge >= 0.3 is 0 Å². The van der Waals surface area contributed by atoms with Crippen molar-refractivity contribution >= 4 is 0 Å². The fourth-order valence-electron chi connectivity index (χ4n) is 1.87. The van der Waals surface area contributed by atoms with Crippen LogP contribution < -0.4 is 5.32 Å². The smallest absolute Gasteiger partial charge is 0.0718 e. The third-order valence-corrected chi connectivity index (χ3v) is 2.98. The van der Waals surface area contributed by atoms with E-state index >= 15 is 0 Å². The molecular weight excluding hydrogens is 266 g/mol. The lowest BCUT2D eigenvalue weighted by molar-refractivity contribution is 0.0337. The fraction of sp³-hybridized carbons (Fsp3) is 0.647. The summed E-state index contributed by atoms with van der Waals surface area (Å²) < 4.78 is 16.0. The number of benzene rings is 1. The molecule has 120 valence electrons. The van der Waals surface area contributed by atoms with Gasteiger partial charge in [0.05, 0.1) is 19.8 Å². The van der Waals surface area contributed by atoms with Gasteiger partial charge < -0.3 is 19.5 Å². The molecule has 0 heterocycles. The Morgan fingerprint density at radius 3 is 2.52 bits per heavy atom. The van der Waals surface area contributed by atoms with Crippen LogP contribution in [0.15, 0.2) is 24.3 Å². The zero-order chi connectivity index (χ0) is 15.3. The van der Waals surface area contributed by atoms with E-state index in [1.165, 1.54) is 11.1 Å². The van der Waals surface area contributed by atoms with Gasteiger partial charge in [-0.1, -0.05) is 38.1 Å². The van der Waals surface area contributed by atoms with Gasteiger partial charge in [-0.2, -0.15) is 0 Å². The Bertz CT molecular complexity index is 369. The molecule has 0 aliphatic heterocycles. The van der Waals surface area contributed by atoms with Crippen LogP contribution in [0.3, 0.4) is 0 Å². The van der Waals surface area contributed by atoms with Crippen LogP contribution in [0.5, 0.6) is 0 Å². The maximum absolute atomic E-state index is 5.63. The molecule has 0 aliphatic carbocycles. The average molecular weight is 295 g/mol. The van der Waals surface area contributed by atoms with Crippen molar-refractivity contribution < 1.29 is 14.2 Å². The van der Waals surface area contributed by atoms with Crippen LogP contribution >= 0.6 is 0 Å². The highest BCUT2D eigenvalue weighted by Gasteiger charge is 1.98. The summed E-state index contributed by atoms with van der Waals surface area (Å²) in [5.74, 6) is 0. The van der Waals surface area contributed by atoms with Crippen molar-refractivity contribution in [1.29, 1.82) is 0 Å². The summed E-state index contributed by atoms with van der Waals surface area (Å²) in [5, 5.41) is 3.42. The predicted molar refractivity (Wildman–Crippen MR) is 85.4 cm³/mol. The minimum absolute atomic E-state index is 0.500. The molecule has 0 aromatic heterocycles. The van der Waals surface area contributed by atoms with Crippen molar-refractivity contribution in [3.05, 3.63) is 35.4 Å². The number of hydrogen-bond acceptors (Lipinski definition) is 4. The zero-order valence-electron chi connectivity index (χ0n) is 13.6. The molecule has 1 aromatic rings. The van der Waals surface area contributed by atoms with E-state index in [0.717, 1.165) is 26.2 Å². The average Bonchev–Trinajstić information content (AvgIpc) is 2.48. The van der Waals surface area contributed by atoms with E-state index in [-0.39, 0.29) is 0 Å². The highest BCUT2D eigenvalue weighted by atomic mass is 16.5. The summed E-state index contributed by atoms with van der Waals surface area (Å²) in [4.78, 5) is 0. The summed E-state index contributed by atoms with van der Waals surface area (Å²) in [7, 11) is 1.70. The Labute approximate surface area is 128 Å². The van der Waals surface area contributed by atoms with Crippen molar-refractivity contribution in [3.8, 4) is 0 Å². The third kappa shape index (κ3) is 9.58. The first-order valence-corrected chi connectivity index (χ1v) is 7.68. The molecule has 0 atom stereocenters. The van der Waals surface area contributed by atoms with Gasteiger partial charge in [0.15, 0.2) is 0 Å². The van der Waals surface area contributed by atoms with E-state index in [0.29, 0.717) is 25.9 Å². The van der Waals surface area contributed by atoms with Gasteiger partial charge in [0.1, 0.15) is 0 Å². The fourth-order valence-corrected chi connectivity index (χ4v) is 1.87. The standard InChI is InChI=1S/C17H29NO3/c1-15(2)18-13-16-6-4-7-17(12-16)14-21-11-10-20-9-5-8-19-3/h4,6-7,12,15,18H,5,8-11,13-14H2,1-3H3. The van der Waals surface area contributed by atoms with E-state index in [9.17, 15) is 0 Å². The Kier molecular flexibility index (Phi) is 10.1. The monoisotopic (exact) mass is 295 g/mol. The van der Waals surface area contributed by atoms with Gasteiger partial charge in [0.25, 0.3) is 0 Å². The summed E-state index contributed by atoms with van der Waals surface area (Å²) in [5.41, 5.74) is 2.50. The molecule has 0 saturated carbocycles. The maximum Gasteiger partial charge on any atom is 0.0718 e. The first kappa shape index (κ1) is 18.1. The highest BCUT2D eigenvalue weighted by molar-refractivity contribution is 5.22. The molecule has 1 rings (SSSR count). The Hall–Kier alpha value is -0.940. The molecule has 0 fully saturated rings. The van der Waals surface area contributed by atoms with E-state index in [1.54, 1.807) is 7.11 Å². The summed E-state index contributed by atoms with van der Waals surface area (Å²) in [6.07, 6.45) is 0.932. The number of methoxy groups -OCH3 is 1. The SMILES string of the molecule is COCCCOCCOCc1cccc(CNC(C)C)c1. The molecule has 4 nitrogen and oxygen atoms in total. The molecule has 0 bridgehead atoms. The number of nitrogens with one attached hydrogen (secondary N) is 1. The minimum atomic E-state index is 0.500. The third-order valence-electron chi connectivity index (χ3n) is 2.98. The molecule has 21 heavy (non-hydrogen) atoms. The van der Waals surface area contributed by atoms with Gasteiger partial charge in [0.2, 0.25) is 0 Å². The lowest BCUT2D eigenvalue weighted by atomic mass is 10.1. The second kappa shape index (κ2) is 11.7. The van der Waals surface area contributed by atoms with Crippen LogP contribution in [0.2, 0.25) is 0 Å². The van der Waals surface area contributed by atoms with Crippen molar-refractivity contribution in [2.45, 2.75) is 39.5 Å². The second-order valence-corrected chi connectivity index (χ2v) is 5.37. The Morgan fingerprint density at radius 2 is 1.76 bits per heavy atom. The molecule has 0 aliphatic rings. The van der Waals surface area contributed by atoms with Gasteiger partial charge in [0, 0.05) is 32.9 Å². The lowest BCUT2D eigenvalue weighted by Crippen LogP contribution is -2.21. The molecule has 0 amide bonds. The van der Waals surface area contributed by atoms with Crippen molar-refractivity contribution in [2.24, 2.45) is 0 Å². The first-order valence-electron chi connectivity index (χ1n) is 7.68. The van der Waals surface area contributed by atoms with E-state index in [4.69, 9.17) is 14.2 Å². The van der Waals surface area contributed by atoms with Gasteiger partial charge in [-0.25, -0.2) is 0 Å². The quantitative estimate of drug-likeness (QED) is 0.602. The summed E-state index contributed by atoms with van der Waals surface area (Å²) >= 11 is 0. The maximum atomic E-state index is 5.63. The molecule has 1 N–H and O–H groups in total. The molecule has 0 unspecified atom stereocenters. The normalized spacial score (nSPS) is 11.2. The van der Waals surface area contributed by atoms with Crippen LogP contribution in [0.25, 0.3) is 0 Å². The molecule has 1 aromatic carbocycles. The van der Waals surface area contributed by atoms with E-state index < -0.39 is 0 Å². The van der Waals surface area contributed by atoms with Crippen LogP contribution in [0.1, 0.15) is 31.4 Å².